The van der Waals surface area contributed by atoms with Gasteiger partial charge in [0.1, 0.15) is 6.07 Å². The highest BCUT2D eigenvalue weighted by Gasteiger charge is 2.00. The van der Waals surface area contributed by atoms with Crippen molar-refractivity contribution in [3.63, 3.8) is 0 Å². The molecule has 0 bridgehead atoms. The molecule has 0 saturated heterocycles. The van der Waals surface area contributed by atoms with Gasteiger partial charge in [-0.05, 0) is 48.0 Å². The number of ether oxygens (including phenoxy) is 1. The van der Waals surface area contributed by atoms with E-state index in [2.05, 4.69) is 27.3 Å². The lowest BCUT2D eigenvalue weighted by Gasteiger charge is -2.10. The second-order valence-corrected chi connectivity index (χ2v) is 4.51. The highest BCUT2D eigenvalue weighted by molar-refractivity contribution is 9.10. The van der Waals surface area contributed by atoms with Gasteiger partial charge in [-0.15, -0.1) is 0 Å². The summed E-state index contributed by atoms with van der Waals surface area (Å²) in [5, 5.41) is 12.0. The van der Waals surface area contributed by atoms with Crippen LogP contribution in [0.5, 0.6) is 0 Å². The van der Waals surface area contributed by atoms with Crippen molar-refractivity contribution >= 4 is 21.6 Å². The predicted molar refractivity (Wildman–Crippen MR) is 68.4 cm³/mol. The zero-order valence-corrected chi connectivity index (χ0v) is 11.0. The van der Waals surface area contributed by atoms with E-state index in [4.69, 9.17) is 10.00 Å². The summed E-state index contributed by atoms with van der Waals surface area (Å²) in [6.07, 6.45) is 0.259. The van der Waals surface area contributed by atoms with Crippen molar-refractivity contribution in [1.29, 1.82) is 5.26 Å². The van der Waals surface area contributed by atoms with Gasteiger partial charge in [0, 0.05) is 16.7 Å². The molecule has 0 aliphatic carbocycles. The molecule has 1 N–H and O–H groups in total. The predicted octanol–water partition coefficient (Wildman–Crippen LogP) is 3.16. The molecule has 0 unspecified atom stereocenters. The number of benzene rings is 1. The number of hydrogen-bond donors (Lipinski definition) is 1. The van der Waals surface area contributed by atoms with Crippen molar-refractivity contribution in [1.82, 2.24) is 0 Å². The molecule has 0 heterocycles. The lowest BCUT2D eigenvalue weighted by molar-refractivity contribution is 0.0870. The van der Waals surface area contributed by atoms with Gasteiger partial charge in [0.25, 0.3) is 0 Å². The normalized spacial score (nSPS) is 10.2. The van der Waals surface area contributed by atoms with E-state index in [1.165, 1.54) is 0 Å². The Kier molecular flexibility index (Phi) is 5.30. The van der Waals surface area contributed by atoms with Gasteiger partial charge in [0.05, 0.1) is 18.3 Å². The Morgan fingerprint density at radius 2 is 2.25 bits per heavy atom. The van der Waals surface area contributed by atoms with Crippen LogP contribution in [-0.2, 0) is 4.74 Å². The third kappa shape index (κ3) is 4.21. The van der Waals surface area contributed by atoms with Crippen LogP contribution in [0, 0.1) is 11.3 Å². The molecule has 1 aromatic carbocycles. The van der Waals surface area contributed by atoms with E-state index in [-0.39, 0.29) is 6.10 Å². The van der Waals surface area contributed by atoms with E-state index in [1.54, 1.807) is 6.07 Å². The zero-order valence-electron chi connectivity index (χ0n) is 9.46. The first-order valence-electron chi connectivity index (χ1n) is 5.18. The van der Waals surface area contributed by atoms with Crippen LogP contribution in [0.2, 0.25) is 0 Å². The summed E-state index contributed by atoms with van der Waals surface area (Å²) in [6.45, 7) is 5.46. The minimum atomic E-state index is 0.259. The highest BCUT2D eigenvalue weighted by atomic mass is 79.9. The van der Waals surface area contributed by atoms with Crippen LogP contribution < -0.4 is 5.32 Å². The van der Waals surface area contributed by atoms with Gasteiger partial charge in [-0.2, -0.15) is 5.26 Å². The smallest absolute Gasteiger partial charge is 0.100 e. The number of halogens is 1. The molecule has 0 radical (unpaired) electrons. The van der Waals surface area contributed by atoms with E-state index in [9.17, 15) is 0 Å². The van der Waals surface area contributed by atoms with Gasteiger partial charge >= 0.3 is 0 Å². The standard InChI is InChI=1S/C12H15BrN2O/c1-9(2)16-6-5-15-11-4-3-10(8-14)12(13)7-11/h3-4,7,9,15H,5-6H2,1-2H3. The summed E-state index contributed by atoms with van der Waals surface area (Å²) in [5.41, 5.74) is 1.63. The molecule has 0 aliphatic heterocycles. The summed E-state index contributed by atoms with van der Waals surface area (Å²) < 4.78 is 6.22. The topological polar surface area (TPSA) is 45.0 Å². The van der Waals surface area contributed by atoms with Crippen LogP contribution in [0.4, 0.5) is 5.69 Å². The Morgan fingerprint density at radius 3 is 2.81 bits per heavy atom. The molecule has 0 spiro atoms. The number of hydrogen-bond acceptors (Lipinski definition) is 3. The molecular formula is C12H15BrN2O. The summed E-state index contributed by atoms with van der Waals surface area (Å²) in [7, 11) is 0. The van der Waals surface area contributed by atoms with Gasteiger partial charge < -0.3 is 10.1 Å². The fourth-order valence-corrected chi connectivity index (χ4v) is 1.67. The lowest BCUT2D eigenvalue weighted by Crippen LogP contribution is -2.13. The number of nitriles is 1. The monoisotopic (exact) mass is 282 g/mol. The van der Waals surface area contributed by atoms with Crippen molar-refractivity contribution in [3.8, 4) is 6.07 Å². The molecule has 0 aromatic heterocycles. The molecule has 0 amide bonds. The van der Waals surface area contributed by atoms with Crippen LogP contribution >= 0.6 is 15.9 Å². The number of nitrogens with zero attached hydrogens (tertiary/aromatic N) is 1. The Hall–Kier alpha value is -1.05. The first kappa shape index (κ1) is 13.0. The van der Waals surface area contributed by atoms with E-state index >= 15 is 0 Å². The van der Waals surface area contributed by atoms with Crippen molar-refractivity contribution in [2.75, 3.05) is 18.5 Å². The van der Waals surface area contributed by atoms with Gasteiger partial charge in [0.2, 0.25) is 0 Å². The molecule has 0 fully saturated rings. The van der Waals surface area contributed by atoms with E-state index in [1.807, 2.05) is 26.0 Å². The maximum Gasteiger partial charge on any atom is 0.100 e. The minimum Gasteiger partial charge on any atom is -0.383 e. The Labute approximate surface area is 105 Å². The van der Waals surface area contributed by atoms with Crippen LogP contribution in [0.1, 0.15) is 19.4 Å². The van der Waals surface area contributed by atoms with Crippen LogP contribution in [0.15, 0.2) is 22.7 Å². The fourth-order valence-electron chi connectivity index (χ4n) is 1.21. The molecular weight excluding hydrogens is 268 g/mol. The number of nitrogens with one attached hydrogen (secondary N) is 1. The Bertz CT molecular complexity index is 385. The van der Waals surface area contributed by atoms with E-state index in [0.29, 0.717) is 12.2 Å². The first-order valence-corrected chi connectivity index (χ1v) is 5.98. The fraction of sp³-hybridized carbons (Fsp3) is 0.417. The van der Waals surface area contributed by atoms with Gasteiger partial charge in [-0.1, -0.05) is 0 Å². The molecule has 1 aromatic rings. The molecule has 1 rings (SSSR count). The third-order valence-electron chi connectivity index (χ3n) is 1.97. The largest absolute Gasteiger partial charge is 0.383 e. The molecule has 0 aliphatic rings. The van der Waals surface area contributed by atoms with Crippen LogP contribution in [0.25, 0.3) is 0 Å². The molecule has 86 valence electrons. The van der Waals surface area contributed by atoms with Crippen molar-refractivity contribution in [2.45, 2.75) is 20.0 Å². The van der Waals surface area contributed by atoms with Crippen LogP contribution in [0.3, 0.4) is 0 Å². The minimum absolute atomic E-state index is 0.259. The molecule has 3 nitrogen and oxygen atoms in total. The summed E-state index contributed by atoms with van der Waals surface area (Å²) in [5.74, 6) is 0. The highest BCUT2D eigenvalue weighted by Crippen LogP contribution is 2.20. The summed E-state index contributed by atoms with van der Waals surface area (Å²) >= 11 is 3.35. The second-order valence-electron chi connectivity index (χ2n) is 3.65. The maximum absolute atomic E-state index is 8.76. The Morgan fingerprint density at radius 1 is 1.50 bits per heavy atom. The van der Waals surface area contributed by atoms with Crippen molar-refractivity contribution in [3.05, 3.63) is 28.2 Å². The molecule has 0 saturated carbocycles. The Balaban J connectivity index is 2.44. The second kappa shape index (κ2) is 6.51. The summed E-state index contributed by atoms with van der Waals surface area (Å²) in [4.78, 5) is 0. The number of anilines is 1. The maximum atomic E-state index is 8.76. The SMILES string of the molecule is CC(C)OCCNc1ccc(C#N)c(Br)c1. The zero-order chi connectivity index (χ0) is 12.0. The first-order chi connectivity index (χ1) is 7.63. The molecule has 16 heavy (non-hydrogen) atoms. The number of rotatable bonds is 5. The average Bonchev–Trinajstić information content (AvgIpc) is 2.24. The quantitative estimate of drug-likeness (QED) is 0.844. The lowest BCUT2D eigenvalue weighted by atomic mass is 10.2. The third-order valence-corrected chi connectivity index (χ3v) is 2.63. The summed E-state index contributed by atoms with van der Waals surface area (Å²) in [6, 6.07) is 7.68. The van der Waals surface area contributed by atoms with Gasteiger partial charge in [-0.25, -0.2) is 0 Å². The van der Waals surface area contributed by atoms with E-state index in [0.717, 1.165) is 16.7 Å². The molecule has 0 atom stereocenters. The van der Waals surface area contributed by atoms with Gasteiger partial charge in [-0.3, -0.25) is 0 Å². The van der Waals surface area contributed by atoms with E-state index < -0.39 is 0 Å². The van der Waals surface area contributed by atoms with Crippen molar-refractivity contribution < 1.29 is 4.74 Å². The van der Waals surface area contributed by atoms with Crippen LogP contribution in [-0.4, -0.2) is 19.3 Å². The van der Waals surface area contributed by atoms with Gasteiger partial charge in [0.15, 0.2) is 0 Å². The van der Waals surface area contributed by atoms with Crippen molar-refractivity contribution in [2.24, 2.45) is 0 Å². The molecule has 4 heteroatoms. The average molecular weight is 283 g/mol.